The van der Waals surface area contributed by atoms with Crippen LogP contribution in [0.2, 0.25) is 0 Å². The normalized spacial score (nSPS) is 38.8. The SMILES string of the molecule is CC1CN(CC2CN(C)CCO2)CCC1Cl. The first-order valence-electron chi connectivity index (χ1n) is 6.31. The Morgan fingerprint density at radius 3 is 2.81 bits per heavy atom. The molecule has 2 saturated heterocycles. The number of likely N-dealkylation sites (N-methyl/N-ethyl adjacent to an activating group) is 1. The van der Waals surface area contributed by atoms with Crippen molar-refractivity contribution < 1.29 is 4.74 Å². The molecule has 2 fully saturated rings. The van der Waals surface area contributed by atoms with Crippen molar-refractivity contribution in [2.24, 2.45) is 5.92 Å². The van der Waals surface area contributed by atoms with Crippen LogP contribution in [0.5, 0.6) is 0 Å². The third-order valence-corrected chi connectivity index (χ3v) is 4.34. The van der Waals surface area contributed by atoms with E-state index in [1.807, 2.05) is 0 Å². The number of nitrogens with zero attached hydrogens (tertiary/aromatic N) is 2. The fourth-order valence-electron chi connectivity index (χ4n) is 2.63. The van der Waals surface area contributed by atoms with Gasteiger partial charge in [0.1, 0.15) is 0 Å². The molecular formula is C12H23ClN2O. The number of hydrogen-bond donors (Lipinski definition) is 0. The summed E-state index contributed by atoms with van der Waals surface area (Å²) < 4.78 is 5.80. The number of piperidine rings is 1. The molecule has 0 radical (unpaired) electrons. The summed E-state index contributed by atoms with van der Waals surface area (Å²) >= 11 is 6.23. The van der Waals surface area contributed by atoms with Crippen LogP contribution < -0.4 is 0 Å². The van der Waals surface area contributed by atoms with E-state index in [0.717, 1.165) is 45.8 Å². The van der Waals surface area contributed by atoms with Crippen LogP contribution >= 0.6 is 11.6 Å². The molecule has 4 heteroatoms. The van der Waals surface area contributed by atoms with Gasteiger partial charge in [0.15, 0.2) is 0 Å². The highest BCUT2D eigenvalue weighted by atomic mass is 35.5. The minimum absolute atomic E-state index is 0.367. The van der Waals surface area contributed by atoms with Crippen molar-refractivity contribution >= 4 is 11.6 Å². The summed E-state index contributed by atoms with van der Waals surface area (Å²) in [6.07, 6.45) is 1.50. The average molecular weight is 247 g/mol. The molecule has 0 saturated carbocycles. The van der Waals surface area contributed by atoms with Gasteiger partial charge >= 0.3 is 0 Å². The van der Waals surface area contributed by atoms with E-state index in [0.29, 0.717) is 17.4 Å². The largest absolute Gasteiger partial charge is 0.374 e. The molecule has 0 spiro atoms. The van der Waals surface area contributed by atoms with E-state index in [-0.39, 0.29) is 0 Å². The first kappa shape index (κ1) is 12.6. The summed E-state index contributed by atoms with van der Waals surface area (Å²) in [5.41, 5.74) is 0. The Labute approximate surface area is 104 Å². The van der Waals surface area contributed by atoms with Crippen LogP contribution in [0.15, 0.2) is 0 Å². The second-order valence-corrected chi connectivity index (χ2v) is 5.86. The van der Waals surface area contributed by atoms with Crippen molar-refractivity contribution in [3.63, 3.8) is 0 Å². The van der Waals surface area contributed by atoms with Gasteiger partial charge < -0.3 is 14.5 Å². The van der Waals surface area contributed by atoms with Crippen molar-refractivity contribution in [2.45, 2.75) is 24.8 Å². The van der Waals surface area contributed by atoms with Gasteiger partial charge in [-0.3, -0.25) is 0 Å². The lowest BCUT2D eigenvalue weighted by molar-refractivity contribution is -0.0397. The molecule has 0 aromatic rings. The molecule has 2 heterocycles. The van der Waals surface area contributed by atoms with Gasteiger partial charge in [0.25, 0.3) is 0 Å². The van der Waals surface area contributed by atoms with E-state index >= 15 is 0 Å². The van der Waals surface area contributed by atoms with Crippen LogP contribution in [-0.4, -0.2) is 67.7 Å². The lowest BCUT2D eigenvalue weighted by Gasteiger charge is -2.38. The molecule has 2 aliphatic rings. The van der Waals surface area contributed by atoms with E-state index < -0.39 is 0 Å². The van der Waals surface area contributed by atoms with E-state index in [2.05, 4.69) is 23.8 Å². The molecule has 3 unspecified atom stereocenters. The van der Waals surface area contributed by atoms with E-state index in [9.17, 15) is 0 Å². The van der Waals surface area contributed by atoms with Gasteiger partial charge in [0.05, 0.1) is 12.7 Å². The molecule has 2 rings (SSSR count). The van der Waals surface area contributed by atoms with Gasteiger partial charge in [0.2, 0.25) is 0 Å². The summed E-state index contributed by atoms with van der Waals surface area (Å²) in [4.78, 5) is 4.86. The van der Waals surface area contributed by atoms with Gasteiger partial charge in [0, 0.05) is 31.6 Å². The van der Waals surface area contributed by atoms with Crippen molar-refractivity contribution in [2.75, 3.05) is 46.4 Å². The number of rotatable bonds is 2. The third-order valence-electron chi connectivity index (χ3n) is 3.69. The molecule has 0 N–H and O–H groups in total. The Bertz CT molecular complexity index is 227. The molecule has 16 heavy (non-hydrogen) atoms. The lowest BCUT2D eigenvalue weighted by atomic mass is 9.99. The van der Waals surface area contributed by atoms with Crippen LogP contribution in [0, 0.1) is 5.92 Å². The van der Waals surface area contributed by atoms with E-state index in [1.165, 1.54) is 0 Å². The maximum atomic E-state index is 6.23. The van der Waals surface area contributed by atoms with Crippen molar-refractivity contribution in [3.8, 4) is 0 Å². The molecule has 0 amide bonds. The Morgan fingerprint density at radius 2 is 2.12 bits per heavy atom. The number of morpholine rings is 1. The molecule has 0 bridgehead atoms. The molecule has 0 aromatic carbocycles. The Morgan fingerprint density at radius 1 is 1.31 bits per heavy atom. The number of hydrogen-bond acceptors (Lipinski definition) is 3. The minimum atomic E-state index is 0.367. The average Bonchev–Trinajstić information content (AvgIpc) is 2.24. The van der Waals surface area contributed by atoms with Crippen LogP contribution in [0.1, 0.15) is 13.3 Å². The van der Waals surface area contributed by atoms with Gasteiger partial charge in [-0.15, -0.1) is 11.6 Å². The summed E-state index contributed by atoms with van der Waals surface area (Å²) in [5.74, 6) is 0.608. The minimum Gasteiger partial charge on any atom is -0.374 e. The van der Waals surface area contributed by atoms with Crippen LogP contribution in [-0.2, 0) is 4.74 Å². The predicted molar refractivity (Wildman–Crippen MR) is 67.1 cm³/mol. The van der Waals surface area contributed by atoms with E-state index in [4.69, 9.17) is 16.3 Å². The van der Waals surface area contributed by atoms with Crippen LogP contribution in [0.25, 0.3) is 0 Å². The zero-order chi connectivity index (χ0) is 11.5. The quantitative estimate of drug-likeness (QED) is 0.683. The molecular weight excluding hydrogens is 224 g/mol. The monoisotopic (exact) mass is 246 g/mol. The predicted octanol–water partition coefficient (Wildman–Crippen LogP) is 1.27. The standard InChI is InChI=1S/C12H23ClN2O/c1-10-7-15(4-3-12(10)13)9-11-8-14(2)5-6-16-11/h10-12H,3-9H2,1-2H3. The first-order valence-corrected chi connectivity index (χ1v) is 6.75. The van der Waals surface area contributed by atoms with Crippen LogP contribution in [0.4, 0.5) is 0 Å². The Balaban J connectivity index is 1.76. The highest BCUT2D eigenvalue weighted by Gasteiger charge is 2.27. The molecule has 3 nitrogen and oxygen atoms in total. The zero-order valence-electron chi connectivity index (χ0n) is 10.4. The van der Waals surface area contributed by atoms with Gasteiger partial charge in [-0.05, 0) is 25.9 Å². The summed E-state index contributed by atoms with van der Waals surface area (Å²) in [6.45, 7) is 8.57. The maximum absolute atomic E-state index is 6.23. The smallest absolute Gasteiger partial charge is 0.0829 e. The second kappa shape index (κ2) is 5.67. The maximum Gasteiger partial charge on any atom is 0.0829 e. The summed E-state index contributed by atoms with van der Waals surface area (Å²) in [7, 11) is 2.17. The second-order valence-electron chi connectivity index (χ2n) is 5.30. The molecule has 94 valence electrons. The van der Waals surface area contributed by atoms with Gasteiger partial charge in [-0.2, -0.15) is 0 Å². The molecule has 0 aromatic heterocycles. The van der Waals surface area contributed by atoms with Crippen molar-refractivity contribution in [3.05, 3.63) is 0 Å². The Hall–Kier alpha value is 0.170. The third kappa shape index (κ3) is 3.33. The van der Waals surface area contributed by atoms with Crippen LogP contribution in [0.3, 0.4) is 0 Å². The van der Waals surface area contributed by atoms with Gasteiger partial charge in [-0.1, -0.05) is 6.92 Å². The number of likely N-dealkylation sites (tertiary alicyclic amines) is 1. The fraction of sp³-hybridized carbons (Fsp3) is 1.00. The number of ether oxygens (including phenoxy) is 1. The number of alkyl halides is 1. The highest BCUT2D eigenvalue weighted by molar-refractivity contribution is 6.20. The topological polar surface area (TPSA) is 15.7 Å². The molecule has 2 aliphatic heterocycles. The number of halogens is 1. The fourth-order valence-corrected chi connectivity index (χ4v) is 2.81. The highest BCUT2D eigenvalue weighted by Crippen LogP contribution is 2.22. The summed E-state index contributed by atoms with van der Waals surface area (Å²) in [5, 5.41) is 0.367. The molecule has 0 aliphatic carbocycles. The Kier molecular flexibility index (Phi) is 4.48. The first-order chi connectivity index (χ1) is 7.65. The van der Waals surface area contributed by atoms with Crippen molar-refractivity contribution in [1.82, 2.24) is 9.80 Å². The lowest BCUT2D eigenvalue weighted by Crippen LogP contribution is -2.49. The molecule has 3 atom stereocenters. The van der Waals surface area contributed by atoms with E-state index in [1.54, 1.807) is 0 Å². The summed E-state index contributed by atoms with van der Waals surface area (Å²) in [6, 6.07) is 0. The van der Waals surface area contributed by atoms with Crippen molar-refractivity contribution in [1.29, 1.82) is 0 Å². The van der Waals surface area contributed by atoms with Gasteiger partial charge in [-0.25, -0.2) is 0 Å². The zero-order valence-corrected chi connectivity index (χ0v) is 11.1.